The molecule has 8 aromatic carbocycles. The number of hydrogen-bond donors (Lipinski definition) is 0. The molecular weight excluding hydrogens is 877 g/mol. The van der Waals surface area contributed by atoms with Crippen LogP contribution in [0.3, 0.4) is 0 Å². The first kappa shape index (κ1) is 33.5. The Morgan fingerprint density at radius 2 is 1.25 bits per heavy atom. The molecule has 13 rings (SSSR count). The van der Waals surface area contributed by atoms with Crippen LogP contribution in [-0.2, 0) is 17.3 Å². The highest BCUT2D eigenvalue weighted by molar-refractivity contribution is 6.09. The number of nitrogens with zero attached hydrogens (tertiary/aromatic N) is 4. The molecule has 2 aliphatic rings. The predicted octanol–water partition coefficient (Wildman–Crippen LogP) is 16.9. The lowest BCUT2D eigenvalue weighted by Gasteiger charge is -2.42. The van der Waals surface area contributed by atoms with Gasteiger partial charge in [-0.1, -0.05) is 176 Å². The maximum Gasteiger partial charge on any atom is 0.269 e. The minimum Gasteiger partial charge on any atom is -0.458 e. The largest absolute Gasteiger partial charge is 0.458 e. The number of aromatic nitrogens is 4. The van der Waals surface area contributed by atoms with Crippen LogP contribution in [0.15, 0.2) is 188 Å². The summed E-state index contributed by atoms with van der Waals surface area (Å²) in [6.07, 6.45) is 7.85. The normalized spacial score (nSPS) is 16.6. The third kappa shape index (κ3) is 7.19. The lowest BCUT2D eigenvalue weighted by Crippen LogP contribution is -2.34. The Labute approximate surface area is 438 Å². The van der Waals surface area contributed by atoms with Crippen molar-refractivity contribution >= 4 is 32.8 Å². The molecule has 5 nitrogen and oxygen atoms in total. The van der Waals surface area contributed by atoms with Gasteiger partial charge < -0.3 is 4.74 Å². The highest BCUT2D eigenvalue weighted by atomic mass is 16.5. The fraction of sp³-hybridized carbons (Fsp3) is 0.194. The molecule has 5 heteroatoms. The van der Waals surface area contributed by atoms with Gasteiger partial charge in [-0.15, -0.1) is 0 Å². The van der Waals surface area contributed by atoms with Crippen molar-refractivity contribution in [2.45, 2.75) is 78.6 Å². The fourth-order valence-electron chi connectivity index (χ4n) is 11.1. The Bertz CT molecular complexity index is 4640. The highest BCUT2D eigenvalue weighted by Crippen LogP contribution is 2.49. The van der Waals surface area contributed by atoms with Crippen LogP contribution in [0.1, 0.15) is 93.1 Å². The lowest BCUT2D eigenvalue weighted by molar-refractivity contribution is -0.570. The maximum atomic E-state index is 10.2. The number of pyridine rings is 1. The molecule has 0 saturated heterocycles. The van der Waals surface area contributed by atoms with Crippen molar-refractivity contribution in [3.05, 3.63) is 211 Å². The summed E-state index contributed by atoms with van der Waals surface area (Å²) in [6.45, 7) is 14.9. The molecule has 0 fully saturated rings. The summed E-state index contributed by atoms with van der Waals surface area (Å²) in [5, 5.41) is 2.11. The number of imidazole rings is 1. The van der Waals surface area contributed by atoms with E-state index in [1.54, 1.807) is 34.9 Å². The van der Waals surface area contributed by atoms with E-state index in [-0.39, 0.29) is 62.6 Å². The van der Waals surface area contributed by atoms with Crippen molar-refractivity contribution in [1.82, 2.24) is 14.1 Å². The topological polar surface area (TPSA) is 35.9 Å². The molecule has 3 aromatic heterocycles. The van der Waals surface area contributed by atoms with Crippen LogP contribution in [0.5, 0.6) is 11.5 Å². The molecule has 4 heterocycles. The van der Waals surface area contributed by atoms with Gasteiger partial charge in [0.25, 0.3) is 6.33 Å². The van der Waals surface area contributed by atoms with Gasteiger partial charge in [0.1, 0.15) is 17.3 Å². The van der Waals surface area contributed by atoms with Crippen molar-refractivity contribution < 1.29 is 24.4 Å². The average molecular weight is 946 g/mol. The molecule has 0 saturated carbocycles. The van der Waals surface area contributed by atoms with Gasteiger partial charge in [0, 0.05) is 23.0 Å². The summed E-state index contributed by atoms with van der Waals surface area (Å²) in [4.78, 5) is 4.88. The first-order valence-corrected chi connectivity index (χ1v) is 24.6. The summed E-state index contributed by atoms with van der Waals surface area (Å²) >= 11 is 0. The van der Waals surface area contributed by atoms with Crippen LogP contribution >= 0.6 is 0 Å². The molecule has 1 aliphatic carbocycles. The second-order valence-corrected chi connectivity index (χ2v) is 21.8. The Kier molecular flexibility index (Phi) is 7.58. The van der Waals surface area contributed by atoms with Crippen molar-refractivity contribution in [3.8, 4) is 73.2 Å². The Balaban J connectivity index is 1.08. The second kappa shape index (κ2) is 16.3. The van der Waals surface area contributed by atoms with Gasteiger partial charge in [-0.2, -0.15) is 0 Å². The number of rotatable bonds is 6. The summed E-state index contributed by atoms with van der Waals surface area (Å²) in [5.74, 6) is 1.85. The van der Waals surface area contributed by atoms with Crippen LogP contribution < -0.4 is 9.30 Å². The standard InChI is InChI=1S/C67H58N4O/c1-65(2,3)41-43-33-36-68-62(37-43)71-59-27-13-12-23-53(59)54-31-30-47(40-61(54)71)72-46-18-14-17-45(39-46)69-42-70-63-48(44-29-32-57-58(38-44)67(6,7)35-34-66(57,4)5)24-15-25-55(63)51-21-10-8-19-49(51)50-20-9-11-22-52(50)56-26-16-28-60(69)64(56)70/h8-33,36-40H,34-35,41H2,1-7H3/i8D,9D,10D,11D,19D,20D,21D,22D,29D,32D,38D. The third-order valence-electron chi connectivity index (χ3n) is 14.6. The second-order valence-electron chi connectivity index (χ2n) is 21.8. The van der Waals surface area contributed by atoms with Gasteiger partial charge in [-0.05, 0) is 145 Å². The van der Waals surface area contributed by atoms with E-state index in [4.69, 9.17) is 15.2 Å². The summed E-state index contributed by atoms with van der Waals surface area (Å²) in [5.41, 5.74) is 5.90. The minimum atomic E-state index is -0.589. The van der Waals surface area contributed by atoms with E-state index in [2.05, 4.69) is 89.7 Å². The van der Waals surface area contributed by atoms with E-state index in [0.29, 0.717) is 50.5 Å². The van der Waals surface area contributed by atoms with Crippen LogP contribution in [0.2, 0.25) is 0 Å². The van der Waals surface area contributed by atoms with E-state index in [9.17, 15) is 9.60 Å². The van der Waals surface area contributed by atoms with E-state index in [0.717, 1.165) is 46.9 Å². The van der Waals surface area contributed by atoms with E-state index in [1.165, 1.54) is 5.56 Å². The van der Waals surface area contributed by atoms with Gasteiger partial charge in [0.05, 0.1) is 48.5 Å². The molecule has 0 amide bonds. The summed E-state index contributed by atoms with van der Waals surface area (Å²) in [6, 6.07) is 32.3. The molecule has 0 radical (unpaired) electrons. The zero-order chi connectivity index (χ0) is 58.7. The quantitative estimate of drug-likeness (QED) is 0.123. The van der Waals surface area contributed by atoms with Crippen LogP contribution in [-0.4, -0.2) is 14.1 Å². The molecule has 1 aliphatic heterocycles. The minimum absolute atomic E-state index is 0.000638. The lowest BCUT2D eigenvalue weighted by atomic mass is 9.63. The van der Waals surface area contributed by atoms with Gasteiger partial charge in [-0.25, -0.2) is 4.98 Å². The van der Waals surface area contributed by atoms with Crippen molar-refractivity contribution in [2.24, 2.45) is 5.41 Å². The molecule has 0 spiro atoms. The molecule has 352 valence electrons. The van der Waals surface area contributed by atoms with Crippen LogP contribution in [0, 0.1) is 11.7 Å². The number of para-hydroxylation sites is 3. The Morgan fingerprint density at radius 1 is 0.611 bits per heavy atom. The molecule has 72 heavy (non-hydrogen) atoms. The number of hydrogen-bond acceptors (Lipinski definition) is 2. The average Bonchev–Trinajstić information content (AvgIpc) is 2.56. The SMILES string of the molecule is [2H]c1c([2H])c([2H])c2c(c1[2H])-c1cccc(-c3c([2H])c([2H])c4c(c3[2H])C(C)(C)CCC4(C)C)c1-[n+]1[c-]n(-c3cccc(Oc4ccc5c6ccccc6n(-c6cc(CC(C)(C)C)ccn6)c5c4)c3)c3cccc(c31)-c1c([2H])c([2H])c([2H])c([2H])c1-2. The summed E-state index contributed by atoms with van der Waals surface area (Å²) in [7, 11) is 0. The zero-order valence-corrected chi connectivity index (χ0v) is 41.4. The van der Waals surface area contributed by atoms with Gasteiger partial charge in [0.15, 0.2) is 0 Å². The monoisotopic (exact) mass is 946 g/mol. The fourth-order valence-corrected chi connectivity index (χ4v) is 11.1. The molecule has 11 aromatic rings. The van der Waals surface area contributed by atoms with Crippen molar-refractivity contribution in [3.63, 3.8) is 0 Å². The van der Waals surface area contributed by atoms with E-state index < -0.39 is 59.2 Å². The zero-order valence-electron chi connectivity index (χ0n) is 52.4. The van der Waals surface area contributed by atoms with E-state index >= 15 is 0 Å². The smallest absolute Gasteiger partial charge is 0.269 e. The predicted molar refractivity (Wildman–Crippen MR) is 296 cm³/mol. The molecule has 0 N–H and O–H groups in total. The molecule has 0 atom stereocenters. The number of benzene rings is 8. The van der Waals surface area contributed by atoms with Crippen LogP contribution in [0.4, 0.5) is 0 Å². The van der Waals surface area contributed by atoms with Gasteiger partial charge in [0.2, 0.25) is 0 Å². The van der Waals surface area contributed by atoms with Gasteiger partial charge in [-0.3, -0.25) is 13.7 Å². The van der Waals surface area contributed by atoms with Gasteiger partial charge >= 0.3 is 0 Å². The number of fused-ring (bicyclic) bond motifs is 11. The van der Waals surface area contributed by atoms with Crippen molar-refractivity contribution in [2.75, 3.05) is 0 Å². The first-order chi connectivity index (χ1) is 39.4. The number of ether oxygens (including phenoxy) is 1. The third-order valence-corrected chi connectivity index (χ3v) is 14.6. The Hall–Kier alpha value is -8.02. The first-order valence-electron chi connectivity index (χ1n) is 30.1. The van der Waals surface area contributed by atoms with Crippen molar-refractivity contribution in [1.29, 1.82) is 0 Å². The Morgan fingerprint density at radius 3 is 2.03 bits per heavy atom. The highest BCUT2D eigenvalue weighted by Gasteiger charge is 2.37. The summed E-state index contributed by atoms with van der Waals surface area (Å²) < 4.78 is 117. The molecule has 0 unspecified atom stereocenters. The molecular formula is C67H58N4O. The van der Waals surface area contributed by atoms with Crippen LogP contribution in [0.25, 0.3) is 94.5 Å². The maximum absolute atomic E-state index is 10.2. The van der Waals surface area contributed by atoms with E-state index in [1.807, 2.05) is 65.4 Å². The molecule has 0 bridgehead atoms.